The average molecular weight is 340 g/mol. The fraction of sp³-hybridized carbons (Fsp3) is 0.133. The maximum atomic E-state index is 12.3. The number of ether oxygens (including phenoxy) is 1. The van der Waals surface area contributed by atoms with E-state index in [2.05, 4.69) is 9.46 Å². The Labute approximate surface area is 133 Å². The number of carbonyl (C=O) groups is 1. The Kier molecular flexibility index (Phi) is 4.73. The topological polar surface area (TPSA) is 72.5 Å². The fourth-order valence-electron chi connectivity index (χ4n) is 1.80. The zero-order chi connectivity index (χ0) is 16.3. The van der Waals surface area contributed by atoms with Gasteiger partial charge in [0.05, 0.1) is 23.3 Å². The molecule has 116 valence electrons. The number of sulfonamides is 1. The van der Waals surface area contributed by atoms with Crippen LogP contribution in [0.5, 0.6) is 0 Å². The molecule has 0 heterocycles. The lowest BCUT2D eigenvalue weighted by atomic mass is 10.2. The molecule has 0 bridgehead atoms. The normalized spacial score (nSPS) is 11.0. The Balaban J connectivity index is 2.30. The number of aryl methyl sites for hydroxylation is 1. The number of benzene rings is 2. The van der Waals surface area contributed by atoms with Gasteiger partial charge in [-0.3, -0.25) is 4.72 Å². The van der Waals surface area contributed by atoms with Crippen molar-refractivity contribution in [2.24, 2.45) is 0 Å². The van der Waals surface area contributed by atoms with E-state index in [9.17, 15) is 13.2 Å². The summed E-state index contributed by atoms with van der Waals surface area (Å²) in [5, 5.41) is 0.435. The molecule has 0 saturated carbocycles. The molecular weight excluding hydrogens is 326 g/mol. The van der Waals surface area contributed by atoms with E-state index < -0.39 is 16.0 Å². The van der Waals surface area contributed by atoms with E-state index in [0.717, 1.165) is 5.56 Å². The number of carbonyl (C=O) groups excluding carboxylic acids is 1. The van der Waals surface area contributed by atoms with Crippen molar-refractivity contribution >= 4 is 33.3 Å². The maximum absolute atomic E-state index is 12.3. The second kappa shape index (κ2) is 6.37. The number of anilines is 1. The van der Waals surface area contributed by atoms with Gasteiger partial charge < -0.3 is 4.74 Å². The highest BCUT2D eigenvalue weighted by atomic mass is 35.5. The molecule has 2 aromatic rings. The van der Waals surface area contributed by atoms with Gasteiger partial charge in [0, 0.05) is 5.02 Å². The van der Waals surface area contributed by atoms with Crippen LogP contribution < -0.4 is 4.72 Å². The molecule has 2 rings (SSSR count). The number of rotatable bonds is 4. The SMILES string of the molecule is COC(=O)c1ccc(S(=O)(=O)Nc2cc(Cl)ccc2C)cc1. The minimum Gasteiger partial charge on any atom is -0.465 e. The molecule has 22 heavy (non-hydrogen) atoms. The second-order valence-corrected chi connectivity index (χ2v) is 6.70. The van der Waals surface area contributed by atoms with E-state index in [1.54, 1.807) is 19.1 Å². The molecule has 0 unspecified atom stereocenters. The van der Waals surface area contributed by atoms with Crippen LogP contribution in [0.1, 0.15) is 15.9 Å². The number of esters is 1. The minimum atomic E-state index is -3.76. The third-order valence-electron chi connectivity index (χ3n) is 3.03. The van der Waals surface area contributed by atoms with Crippen LogP contribution >= 0.6 is 11.6 Å². The van der Waals surface area contributed by atoms with Crippen molar-refractivity contribution in [2.45, 2.75) is 11.8 Å². The molecule has 0 atom stereocenters. The van der Waals surface area contributed by atoms with Gasteiger partial charge in [-0.05, 0) is 48.9 Å². The third kappa shape index (κ3) is 3.58. The second-order valence-electron chi connectivity index (χ2n) is 4.58. The van der Waals surface area contributed by atoms with Crippen LogP contribution in [0, 0.1) is 6.92 Å². The number of halogens is 1. The van der Waals surface area contributed by atoms with Crippen molar-refractivity contribution in [2.75, 3.05) is 11.8 Å². The Morgan fingerprint density at radius 3 is 2.36 bits per heavy atom. The molecule has 1 N–H and O–H groups in total. The molecule has 0 aliphatic rings. The van der Waals surface area contributed by atoms with Crippen LogP contribution in [0.25, 0.3) is 0 Å². The summed E-state index contributed by atoms with van der Waals surface area (Å²) >= 11 is 5.88. The van der Waals surface area contributed by atoms with Gasteiger partial charge in [0.25, 0.3) is 10.0 Å². The van der Waals surface area contributed by atoms with Gasteiger partial charge in [-0.25, -0.2) is 13.2 Å². The minimum absolute atomic E-state index is 0.0412. The third-order valence-corrected chi connectivity index (χ3v) is 4.65. The lowest BCUT2D eigenvalue weighted by molar-refractivity contribution is 0.0600. The first-order chi connectivity index (χ1) is 10.3. The van der Waals surface area contributed by atoms with E-state index in [-0.39, 0.29) is 10.5 Å². The molecule has 0 radical (unpaired) electrons. The molecule has 0 spiro atoms. The summed E-state index contributed by atoms with van der Waals surface area (Å²) in [5.74, 6) is -0.525. The smallest absolute Gasteiger partial charge is 0.337 e. The van der Waals surface area contributed by atoms with E-state index in [0.29, 0.717) is 10.7 Å². The summed E-state index contributed by atoms with van der Waals surface area (Å²) in [7, 11) is -2.50. The van der Waals surface area contributed by atoms with Crippen molar-refractivity contribution in [3.05, 3.63) is 58.6 Å². The standard InChI is InChI=1S/C15H14ClNO4S/c1-10-3-6-12(16)9-14(10)17-22(19,20)13-7-4-11(5-8-13)15(18)21-2/h3-9,17H,1-2H3. The fourth-order valence-corrected chi connectivity index (χ4v) is 3.09. The Bertz CT molecular complexity index is 801. The zero-order valence-electron chi connectivity index (χ0n) is 12.0. The van der Waals surface area contributed by atoms with Gasteiger partial charge in [-0.15, -0.1) is 0 Å². The number of nitrogens with one attached hydrogen (secondary N) is 1. The largest absolute Gasteiger partial charge is 0.465 e. The lowest BCUT2D eigenvalue weighted by Gasteiger charge is -2.11. The number of methoxy groups -OCH3 is 1. The Morgan fingerprint density at radius 1 is 1.14 bits per heavy atom. The summed E-state index contributed by atoms with van der Waals surface area (Å²) in [5.41, 5.74) is 1.43. The molecule has 0 amide bonds. The van der Waals surface area contributed by atoms with Crippen LogP contribution in [-0.4, -0.2) is 21.5 Å². The number of hydrogen-bond acceptors (Lipinski definition) is 4. The van der Waals surface area contributed by atoms with E-state index in [4.69, 9.17) is 11.6 Å². The van der Waals surface area contributed by atoms with Gasteiger partial charge >= 0.3 is 5.97 Å². The van der Waals surface area contributed by atoms with Crippen molar-refractivity contribution < 1.29 is 17.9 Å². The van der Waals surface area contributed by atoms with E-state index in [1.165, 1.54) is 37.4 Å². The van der Waals surface area contributed by atoms with Gasteiger partial charge in [0.15, 0.2) is 0 Å². The summed E-state index contributed by atoms with van der Waals surface area (Å²) in [6, 6.07) is 10.4. The van der Waals surface area contributed by atoms with Crippen LogP contribution in [0.4, 0.5) is 5.69 Å². The van der Waals surface area contributed by atoms with Crippen LogP contribution in [0.2, 0.25) is 5.02 Å². The van der Waals surface area contributed by atoms with Crippen molar-refractivity contribution in [3.63, 3.8) is 0 Å². The highest BCUT2D eigenvalue weighted by molar-refractivity contribution is 7.92. The highest BCUT2D eigenvalue weighted by Crippen LogP contribution is 2.23. The molecule has 2 aromatic carbocycles. The summed E-state index contributed by atoms with van der Waals surface area (Å²) in [6.07, 6.45) is 0. The van der Waals surface area contributed by atoms with Crippen molar-refractivity contribution in [1.29, 1.82) is 0 Å². The average Bonchev–Trinajstić information content (AvgIpc) is 2.50. The first-order valence-electron chi connectivity index (χ1n) is 6.31. The zero-order valence-corrected chi connectivity index (χ0v) is 13.5. The predicted octanol–water partition coefficient (Wildman–Crippen LogP) is 3.24. The monoisotopic (exact) mass is 339 g/mol. The first kappa shape index (κ1) is 16.3. The highest BCUT2D eigenvalue weighted by Gasteiger charge is 2.16. The van der Waals surface area contributed by atoms with E-state index >= 15 is 0 Å². The first-order valence-corrected chi connectivity index (χ1v) is 8.17. The molecule has 0 aliphatic heterocycles. The van der Waals surface area contributed by atoms with E-state index in [1.807, 2.05) is 0 Å². The van der Waals surface area contributed by atoms with Crippen LogP contribution in [0.15, 0.2) is 47.4 Å². The molecule has 0 aliphatic carbocycles. The molecule has 5 nitrogen and oxygen atoms in total. The van der Waals surface area contributed by atoms with Crippen LogP contribution in [-0.2, 0) is 14.8 Å². The summed E-state index contributed by atoms with van der Waals surface area (Å²) in [6.45, 7) is 1.77. The molecule has 7 heteroatoms. The summed E-state index contributed by atoms with van der Waals surface area (Å²) < 4.78 is 31.7. The molecule has 0 saturated heterocycles. The molecule has 0 aromatic heterocycles. The maximum Gasteiger partial charge on any atom is 0.337 e. The van der Waals surface area contributed by atoms with Gasteiger partial charge in [-0.2, -0.15) is 0 Å². The molecule has 0 fully saturated rings. The van der Waals surface area contributed by atoms with Gasteiger partial charge in [-0.1, -0.05) is 17.7 Å². The lowest BCUT2D eigenvalue weighted by Crippen LogP contribution is -2.14. The van der Waals surface area contributed by atoms with Gasteiger partial charge in [0.1, 0.15) is 0 Å². The van der Waals surface area contributed by atoms with Crippen LogP contribution in [0.3, 0.4) is 0 Å². The van der Waals surface area contributed by atoms with Crippen molar-refractivity contribution in [1.82, 2.24) is 0 Å². The quantitative estimate of drug-likeness (QED) is 0.868. The summed E-state index contributed by atoms with van der Waals surface area (Å²) in [4.78, 5) is 11.4. The molecular formula is C15H14ClNO4S. The van der Waals surface area contributed by atoms with Crippen molar-refractivity contribution in [3.8, 4) is 0 Å². The Morgan fingerprint density at radius 2 is 1.77 bits per heavy atom. The predicted molar refractivity (Wildman–Crippen MR) is 84.8 cm³/mol. The number of hydrogen-bond donors (Lipinski definition) is 1. The Hall–Kier alpha value is -2.05. The van der Waals surface area contributed by atoms with Gasteiger partial charge in [0.2, 0.25) is 0 Å².